The summed E-state index contributed by atoms with van der Waals surface area (Å²) in [6.07, 6.45) is 4.13. The molecule has 0 aromatic carbocycles. The number of hydrogen-bond acceptors (Lipinski definition) is 4. The summed E-state index contributed by atoms with van der Waals surface area (Å²) < 4.78 is 4.83. The third kappa shape index (κ3) is 3.34. The van der Waals surface area contributed by atoms with E-state index in [4.69, 9.17) is 4.74 Å². The average Bonchev–Trinajstić information content (AvgIpc) is 2.36. The number of methoxy groups -OCH3 is 1. The molecule has 2 unspecified atom stereocenters. The maximum atomic E-state index is 11.7. The number of esters is 1. The Kier molecular flexibility index (Phi) is 5.85. The van der Waals surface area contributed by atoms with Crippen molar-refractivity contribution in [1.29, 1.82) is 0 Å². The number of rotatable bonds is 5. The lowest BCUT2D eigenvalue weighted by atomic mass is 9.79. The summed E-state index contributed by atoms with van der Waals surface area (Å²) in [6, 6.07) is 0. The summed E-state index contributed by atoms with van der Waals surface area (Å²) in [4.78, 5) is 23.4. The van der Waals surface area contributed by atoms with Gasteiger partial charge in [0.1, 0.15) is 11.7 Å². The predicted molar refractivity (Wildman–Crippen MR) is 71.3 cm³/mol. The first-order valence-corrected chi connectivity index (χ1v) is 7.01. The number of allylic oxidation sites excluding steroid dienone is 1. The number of carbonyl (C=O) groups is 2. The van der Waals surface area contributed by atoms with Crippen molar-refractivity contribution in [2.45, 2.75) is 39.0 Å². The van der Waals surface area contributed by atoms with Gasteiger partial charge in [0.15, 0.2) is 5.78 Å². The third-order valence-corrected chi connectivity index (χ3v) is 4.17. The summed E-state index contributed by atoms with van der Waals surface area (Å²) >= 11 is 3.04. The molecule has 2 atom stereocenters. The second kappa shape index (κ2) is 6.92. The number of halogens is 1. The zero-order valence-electron chi connectivity index (χ0n) is 10.7. The van der Waals surface area contributed by atoms with E-state index in [9.17, 15) is 14.7 Å². The van der Waals surface area contributed by atoms with Gasteiger partial charge in [-0.15, -0.1) is 0 Å². The van der Waals surface area contributed by atoms with Crippen molar-refractivity contribution in [3.8, 4) is 0 Å². The van der Waals surface area contributed by atoms with E-state index in [1.165, 1.54) is 7.11 Å². The van der Waals surface area contributed by atoms with Gasteiger partial charge in [-0.1, -0.05) is 26.2 Å². The van der Waals surface area contributed by atoms with Crippen LogP contribution in [0.15, 0.2) is 10.2 Å². The van der Waals surface area contributed by atoms with Crippen LogP contribution in [0.3, 0.4) is 0 Å². The van der Waals surface area contributed by atoms with Crippen molar-refractivity contribution in [3.05, 3.63) is 10.2 Å². The maximum Gasteiger partial charge on any atom is 0.316 e. The van der Waals surface area contributed by atoms with Gasteiger partial charge in [-0.25, -0.2) is 0 Å². The Hall–Kier alpha value is -0.840. The van der Waals surface area contributed by atoms with E-state index in [1.54, 1.807) is 0 Å². The molecule has 1 aliphatic rings. The van der Waals surface area contributed by atoms with Crippen molar-refractivity contribution in [2.24, 2.45) is 11.8 Å². The summed E-state index contributed by atoms with van der Waals surface area (Å²) in [5.74, 6) is -1.66. The molecular weight excluding hydrogens is 300 g/mol. The Labute approximate surface area is 116 Å². The van der Waals surface area contributed by atoms with Crippen LogP contribution in [-0.4, -0.2) is 24.0 Å². The third-order valence-electron chi connectivity index (χ3n) is 3.32. The van der Waals surface area contributed by atoms with Gasteiger partial charge in [-0.05, 0) is 28.3 Å². The Bertz CT molecular complexity index is 362. The van der Waals surface area contributed by atoms with Crippen LogP contribution in [-0.2, 0) is 14.3 Å². The van der Waals surface area contributed by atoms with Crippen LogP contribution in [0.4, 0.5) is 0 Å². The minimum absolute atomic E-state index is 0.115. The Morgan fingerprint density at radius 1 is 1.50 bits per heavy atom. The van der Waals surface area contributed by atoms with Crippen LogP contribution in [0, 0.1) is 11.8 Å². The van der Waals surface area contributed by atoms with E-state index in [1.807, 2.05) is 0 Å². The van der Waals surface area contributed by atoms with Crippen LogP contribution in [0.2, 0.25) is 0 Å². The van der Waals surface area contributed by atoms with Gasteiger partial charge in [0.05, 0.1) is 11.6 Å². The number of hydrogen-bond donors (Lipinski definition) is 1. The highest BCUT2D eigenvalue weighted by molar-refractivity contribution is 9.12. The van der Waals surface area contributed by atoms with Gasteiger partial charge >= 0.3 is 5.97 Å². The van der Waals surface area contributed by atoms with Crippen molar-refractivity contribution in [2.75, 3.05) is 7.11 Å². The number of aliphatic hydroxyl groups excluding tert-OH is 1. The van der Waals surface area contributed by atoms with Crippen LogP contribution >= 0.6 is 15.9 Å². The molecule has 1 aliphatic carbocycles. The van der Waals surface area contributed by atoms with E-state index in [0.717, 1.165) is 25.7 Å². The molecule has 18 heavy (non-hydrogen) atoms. The van der Waals surface area contributed by atoms with Crippen LogP contribution in [0.1, 0.15) is 39.0 Å². The molecule has 1 N–H and O–H groups in total. The SMILES string of the molecule is CCCCCC1CC(=O)C(Br)=C(O)C1C(=O)OC. The summed E-state index contributed by atoms with van der Waals surface area (Å²) in [6.45, 7) is 2.10. The largest absolute Gasteiger partial charge is 0.510 e. The zero-order chi connectivity index (χ0) is 13.7. The second-order valence-corrected chi connectivity index (χ2v) is 5.38. The minimum Gasteiger partial charge on any atom is -0.510 e. The highest BCUT2D eigenvalue weighted by Crippen LogP contribution is 2.37. The smallest absolute Gasteiger partial charge is 0.316 e. The molecule has 0 fully saturated rings. The van der Waals surface area contributed by atoms with Crippen molar-refractivity contribution in [1.82, 2.24) is 0 Å². The van der Waals surface area contributed by atoms with E-state index in [2.05, 4.69) is 22.9 Å². The molecule has 0 bridgehead atoms. The lowest BCUT2D eigenvalue weighted by molar-refractivity contribution is -0.147. The van der Waals surface area contributed by atoms with E-state index in [-0.39, 0.29) is 28.4 Å². The van der Waals surface area contributed by atoms with Crippen LogP contribution in [0.5, 0.6) is 0 Å². The molecule has 0 amide bonds. The first-order chi connectivity index (χ1) is 8.52. The number of ketones is 1. The highest BCUT2D eigenvalue weighted by atomic mass is 79.9. The molecule has 0 aromatic rings. The number of aliphatic hydroxyl groups is 1. The molecule has 4 nitrogen and oxygen atoms in total. The number of Topliss-reactive ketones (excluding diaryl/α,β-unsaturated/α-hetero) is 1. The molecule has 0 saturated carbocycles. The molecular formula is C13H19BrO4. The van der Waals surface area contributed by atoms with Crippen LogP contribution < -0.4 is 0 Å². The second-order valence-electron chi connectivity index (χ2n) is 4.58. The number of carbonyl (C=O) groups excluding carboxylic acids is 2. The normalized spacial score (nSPS) is 24.3. The van der Waals surface area contributed by atoms with E-state index in [0.29, 0.717) is 0 Å². The molecule has 0 radical (unpaired) electrons. The van der Waals surface area contributed by atoms with Crippen molar-refractivity contribution >= 4 is 27.7 Å². The maximum absolute atomic E-state index is 11.7. The summed E-state index contributed by atoms with van der Waals surface area (Å²) in [5.41, 5.74) is 0. The number of unbranched alkanes of at least 4 members (excludes halogenated alkanes) is 2. The lowest BCUT2D eigenvalue weighted by Crippen LogP contribution is -2.33. The first kappa shape index (κ1) is 15.2. The fourth-order valence-corrected chi connectivity index (χ4v) is 2.71. The molecule has 0 heterocycles. The molecule has 5 heteroatoms. The van der Waals surface area contributed by atoms with Crippen molar-refractivity contribution < 1.29 is 19.4 Å². The van der Waals surface area contributed by atoms with E-state index < -0.39 is 11.9 Å². The zero-order valence-corrected chi connectivity index (χ0v) is 12.3. The molecule has 1 rings (SSSR count). The summed E-state index contributed by atoms with van der Waals surface area (Å²) in [7, 11) is 1.29. The molecule has 0 aliphatic heterocycles. The van der Waals surface area contributed by atoms with E-state index >= 15 is 0 Å². The topological polar surface area (TPSA) is 63.6 Å². The van der Waals surface area contributed by atoms with Gasteiger partial charge in [-0.3, -0.25) is 9.59 Å². The highest BCUT2D eigenvalue weighted by Gasteiger charge is 2.40. The lowest BCUT2D eigenvalue weighted by Gasteiger charge is -2.28. The Balaban J connectivity index is 2.87. The fraction of sp³-hybridized carbons (Fsp3) is 0.692. The summed E-state index contributed by atoms with van der Waals surface area (Å²) in [5, 5.41) is 9.95. The number of ether oxygens (including phenoxy) is 1. The average molecular weight is 319 g/mol. The standard InChI is InChI=1S/C13H19BrO4/c1-3-4-5-6-8-7-9(15)11(14)12(16)10(8)13(17)18-2/h8,10,16H,3-7H2,1-2H3. The molecule has 0 spiro atoms. The quantitative estimate of drug-likeness (QED) is 0.625. The van der Waals surface area contributed by atoms with Gasteiger partial charge in [0, 0.05) is 6.42 Å². The monoisotopic (exact) mass is 318 g/mol. The van der Waals surface area contributed by atoms with Gasteiger partial charge in [0.2, 0.25) is 0 Å². The molecule has 102 valence electrons. The van der Waals surface area contributed by atoms with Crippen LogP contribution in [0.25, 0.3) is 0 Å². The first-order valence-electron chi connectivity index (χ1n) is 6.22. The van der Waals surface area contributed by atoms with Gasteiger partial charge in [0.25, 0.3) is 0 Å². The Morgan fingerprint density at radius 3 is 2.72 bits per heavy atom. The molecule has 0 saturated heterocycles. The van der Waals surface area contributed by atoms with Crippen molar-refractivity contribution in [3.63, 3.8) is 0 Å². The molecule has 0 aromatic heterocycles. The predicted octanol–water partition coefficient (Wildman–Crippen LogP) is 3.11. The minimum atomic E-state index is -0.709. The van der Waals surface area contributed by atoms with Gasteiger partial charge < -0.3 is 9.84 Å². The fourth-order valence-electron chi connectivity index (χ4n) is 2.30. The van der Waals surface area contributed by atoms with Gasteiger partial charge in [-0.2, -0.15) is 0 Å². The Morgan fingerprint density at radius 2 is 2.17 bits per heavy atom.